The molecule has 0 amide bonds. The summed E-state index contributed by atoms with van der Waals surface area (Å²) in [6, 6.07) is 0. The van der Waals surface area contributed by atoms with Crippen LogP contribution < -0.4 is 5.73 Å². The molecule has 0 saturated carbocycles. The van der Waals surface area contributed by atoms with Gasteiger partial charge in [-0.2, -0.15) is 0 Å². The normalized spacial score (nSPS) is 19.3. The van der Waals surface area contributed by atoms with Gasteiger partial charge >= 0.3 is 0 Å². The van der Waals surface area contributed by atoms with Crippen molar-refractivity contribution in [2.24, 2.45) is 5.73 Å². The first-order valence-electron chi connectivity index (χ1n) is 4.22. The summed E-state index contributed by atoms with van der Waals surface area (Å²) in [5.74, 6) is 0. The SMILES string of the molecule is CCC(C)S(=O)C(C)CCN. The summed E-state index contributed by atoms with van der Waals surface area (Å²) >= 11 is 0. The molecule has 0 aromatic rings. The molecule has 0 aliphatic heterocycles. The highest BCUT2D eigenvalue weighted by molar-refractivity contribution is 7.86. The van der Waals surface area contributed by atoms with Crippen LogP contribution in [0.5, 0.6) is 0 Å². The average molecular weight is 177 g/mol. The van der Waals surface area contributed by atoms with Gasteiger partial charge in [0.05, 0.1) is 0 Å². The van der Waals surface area contributed by atoms with Crippen molar-refractivity contribution in [3.63, 3.8) is 0 Å². The van der Waals surface area contributed by atoms with Crippen molar-refractivity contribution in [3.8, 4) is 0 Å². The molecule has 68 valence electrons. The van der Waals surface area contributed by atoms with E-state index >= 15 is 0 Å². The smallest absolute Gasteiger partial charge is 0.0334 e. The largest absolute Gasteiger partial charge is 0.330 e. The molecule has 2 nitrogen and oxygen atoms in total. The van der Waals surface area contributed by atoms with Gasteiger partial charge in [-0.15, -0.1) is 0 Å². The van der Waals surface area contributed by atoms with E-state index in [0.29, 0.717) is 11.8 Å². The quantitative estimate of drug-likeness (QED) is 0.687. The summed E-state index contributed by atoms with van der Waals surface area (Å²) in [5.41, 5.74) is 5.37. The molecule has 3 heteroatoms. The highest BCUT2D eigenvalue weighted by Gasteiger charge is 2.15. The molecule has 0 aromatic carbocycles. The lowest BCUT2D eigenvalue weighted by Crippen LogP contribution is -2.23. The van der Waals surface area contributed by atoms with E-state index in [4.69, 9.17) is 5.73 Å². The molecule has 0 aliphatic carbocycles. The van der Waals surface area contributed by atoms with Crippen LogP contribution in [-0.4, -0.2) is 21.3 Å². The summed E-state index contributed by atoms with van der Waals surface area (Å²) in [6.07, 6.45) is 1.86. The fourth-order valence-electron chi connectivity index (χ4n) is 0.912. The Hall–Kier alpha value is 0.110. The second-order valence-corrected chi connectivity index (χ2v) is 5.20. The molecule has 0 saturated heterocycles. The van der Waals surface area contributed by atoms with Gasteiger partial charge in [-0.3, -0.25) is 4.21 Å². The monoisotopic (exact) mass is 177 g/mol. The van der Waals surface area contributed by atoms with Crippen LogP contribution in [0.15, 0.2) is 0 Å². The Morgan fingerprint density at radius 1 is 1.36 bits per heavy atom. The summed E-state index contributed by atoms with van der Waals surface area (Å²) < 4.78 is 11.5. The zero-order chi connectivity index (χ0) is 8.85. The minimum atomic E-state index is -0.689. The van der Waals surface area contributed by atoms with Crippen LogP contribution >= 0.6 is 0 Å². The lowest BCUT2D eigenvalue weighted by molar-refractivity contribution is 0.652. The van der Waals surface area contributed by atoms with Gasteiger partial charge in [-0.1, -0.05) is 20.8 Å². The molecule has 0 aromatic heterocycles. The van der Waals surface area contributed by atoms with Gasteiger partial charge in [0.1, 0.15) is 0 Å². The van der Waals surface area contributed by atoms with Gasteiger partial charge in [0.15, 0.2) is 0 Å². The van der Waals surface area contributed by atoms with Gasteiger partial charge in [0.25, 0.3) is 0 Å². The molecular weight excluding hydrogens is 158 g/mol. The standard InChI is InChI=1S/C8H19NOS/c1-4-7(2)11(10)8(3)5-6-9/h7-8H,4-6,9H2,1-3H3. The molecule has 0 bridgehead atoms. The Kier molecular flexibility index (Phi) is 5.78. The molecule has 0 aliphatic rings. The maximum Gasteiger partial charge on any atom is 0.0334 e. The van der Waals surface area contributed by atoms with Crippen molar-refractivity contribution in [1.29, 1.82) is 0 Å². The third-order valence-corrected chi connectivity index (χ3v) is 4.10. The van der Waals surface area contributed by atoms with E-state index in [2.05, 4.69) is 6.92 Å². The van der Waals surface area contributed by atoms with Crippen LogP contribution in [0.2, 0.25) is 0 Å². The Morgan fingerprint density at radius 2 is 1.91 bits per heavy atom. The molecule has 0 radical (unpaired) electrons. The zero-order valence-corrected chi connectivity index (χ0v) is 8.49. The predicted molar refractivity (Wildman–Crippen MR) is 51.0 cm³/mol. The van der Waals surface area contributed by atoms with Crippen LogP contribution in [0.1, 0.15) is 33.6 Å². The minimum absolute atomic E-state index is 0.259. The van der Waals surface area contributed by atoms with Gasteiger partial charge < -0.3 is 5.73 Å². The second-order valence-electron chi connectivity index (χ2n) is 2.94. The van der Waals surface area contributed by atoms with E-state index < -0.39 is 10.8 Å². The van der Waals surface area contributed by atoms with Crippen molar-refractivity contribution in [1.82, 2.24) is 0 Å². The first-order chi connectivity index (χ1) is 5.13. The zero-order valence-electron chi connectivity index (χ0n) is 7.67. The van der Waals surface area contributed by atoms with Gasteiger partial charge in [-0.05, 0) is 19.4 Å². The Morgan fingerprint density at radius 3 is 2.27 bits per heavy atom. The summed E-state index contributed by atoms with van der Waals surface area (Å²) in [7, 11) is -0.689. The first kappa shape index (κ1) is 11.1. The summed E-state index contributed by atoms with van der Waals surface area (Å²) in [4.78, 5) is 0. The fourth-order valence-corrected chi connectivity index (χ4v) is 2.40. The number of hydrogen-bond donors (Lipinski definition) is 1. The second kappa shape index (κ2) is 5.72. The average Bonchev–Trinajstić information content (AvgIpc) is 2.02. The van der Waals surface area contributed by atoms with E-state index in [9.17, 15) is 4.21 Å². The molecular formula is C8H19NOS. The predicted octanol–water partition coefficient (Wildman–Crippen LogP) is 1.27. The molecule has 0 rings (SSSR count). The Labute approximate surface area is 72.0 Å². The lowest BCUT2D eigenvalue weighted by atomic mass is 10.3. The van der Waals surface area contributed by atoms with Crippen LogP contribution in [0.25, 0.3) is 0 Å². The molecule has 2 N–H and O–H groups in total. The van der Waals surface area contributed by atoms with E-state index in [0.717, 1.165) is 12.8 Å². The Balaban J connectivity index is 3.81. The van der Waals surface area contributed by atoms with E-state index in [1.165, 1.54) is 0 Å². The maximum atomic E-state index is 11.5. The van der Waals surface area contributed by atoms with Gasteiger partial charge in [0, 0.05) is 21.3 Å². The molecule has 0 heterocycles. The maximum absolute atomic E-state index is 11.5. The third-order valence-electron chi connectivity index (χ3n) is 1.94. The highest BCUT2D eigenvalue weighted by atomic mass is 32.2. The van der Waals surface area contributed by atoms with Crippen LogP contribution in [0.3, 0.4) is 0 Å². The number of rotatable bonds is 5. The topological polar surface area (TPSA) is 43.1 Å². The molecule has 11 heavy (non-hydrogen) atoms. The van der Waals surface area contributed by atoms with E-state index in [1.807, 2.05) is 13.8 Å². The lowest BCUT2D eigenvalue weighted by Gasteiger charge is -2.14. The van der Waals surface area contributed by atoms with Gasteiger partial charge in [0.2, 0.25) is 0 Å². The van der Waals surface area contributed by atoms with Crippen LogP contribution in [0, 0.1) is 0 Å². The molecule has 3 unspecified atom stereocenters. The van der Waals surface area contributed by atoms with E-state index in [-0.39, 0.29) is 5.25 Å². The van der Waals surface area contributed by atoms with Crippen LogP contribution in [0.4, 0.5) is 0 Å². The summed E-state index contributed by atoms with van der Waals surface area (Å²) in [5, 5.41) is 0.575. The van der Waals surface area contributed by atoms with Gasteiger partial charge in [-0.25, -0.2) is 0 Å². The van der Waals surface area contributed by atoms with Crippen molar-refractivity contribution >= 4 is 10.8 Å². The third kappa shape index (κ3) is 3.87. The summed E-state index contributed by atoms with van der Waals surface area (Å²) in [6.45, 7) is 6.75. The molecule has 0 spiro atoms. The Bertz CT molecular complexity index is 127. The van der Waals surface area contributed by atoms with E-state index in [1.54, 1.807) is 0 Å². The number of nitrogens with two attached hydrogens (primary N) is 1. The first-order valence-corrected chi connectivity index (χ1v) is 5.50. The number of hydrogen-bond acceptors (Lipinski definition) is 2. The highest BCUT2D eigenvalue weighted by Crippen LogP contribution is 2.09. The van der Waals surface area contributed by atoms with Crippen LogP contribution in [-0.2, 0) is 10.8 Å². The van der Waals surface area contributed by atoms with Crippen molar-refractivity contribution in [3.05, 3.63) is 0 Å². The van der Waals surface area contributed by atoms with Crippen molar-refractivity contribution < 1.29 is 4.21 Å². The fraction of sp³-hybridized carbons (Fsp3) is 1.00. The minimum Gasteiger partial charge on any atom is -0.330 e. The van der Waals surface area contributed by atoms with Crippen molar-refractivity contribution in [2.75, 3.05) is 6.54 Å². The van der Waals surface area contributed by atoms with Crippen molar-refractivity contribution in [2.45, 2.75) is 44.1 Å². The molecule has 3 atom stereocenters. The molecule has 0 fully saturated rings.